The molecule has 1 atom stereocenters. The number of hydrogen-bond acceptors (Lipinski definition) is 3. The molecule has 3 N–H and O–H groups in total. The van der Waals surface area contributed by atoms with Crippen LogP contribution in [0.1, 0.15) is 34.6 Å². The van der Waals surface area contributed by atoms with Gasteiger partial charge in [0.05, 0.1) is 6.54 Å². The van der Waals surface area contributed by atoms with Gasteiger partial charge in [0.1, 0.15) is 6.10 Å². The van der Waals surface area contributed by atoms with E-state index in [-0.39, 0.29) is 23.6 Å². The van der Waals surface area contributed by atoms with E-state index in [0.29, 0.717) is 32.1 Å². The van der Waals surface area contributed by atoms with Crippen LogP contribution >= 0.6 is 0 Å². The second kappa shape index (κ2) is 10.6. The first-order chi connectivity index (χ1) is 12.2. The Bertz CT molecular complexity index is 599. The molecule has 7 heteroatoms. The van der Waals surface area contributed by atoms with Gasteiger partial charge in [-0.1, -0.05) is 32.9 Å². The molecule has 0 spiro atoms. The van der Waals surface area contributed by atoms with Crippen molar-refractivity contribution in [2.75, 3.05) is 26.2 Å². The molecular formula is C19H31FN4O2. The van der Waals surface area contributed by atoms with E-state index < -0.39 is 5.41 Å². The van der Waals surface area contributed by atoms with Gasteiger partial charge in [0.15, 0.2) is 17.5 Å². The van der Waals surface area contributed by atoms with Crippen LogP contribution in [0, 0.1) is 11.2 Å². The Hall–Kier alpha value is -2.31. The SMILES string of the molecule is CCNC(=NCC(C)Oc1ccccc1F)NCCNC(=O)C(C)(C)C. The maximum Gasteiger partial charge on any atom is 0.225 e. The number of carbonyl (C=O) groups excluding carboxylic acids is 1. The number of amides is 1. The summed E-state index contributed by atoms with van der Waals surface area (Å²) in [4.78, 5) is 16.3. The fourth-order valence-electron chi connectivity index (χ4n) is 1.98. The highest BCUT2D eigenvalue weighted by Crippen LogP contribution is 2.17. The van der Waals surface area contributed by atoms with Gasteiger partial charge in [-0.15, -0.1) is 0 Å². The molecule has 0 aliphatic rings. The maximum absolute atomic E-state index is 13.6. The standard InChI is InChI=1S/C19H31FN4O2/c1-6-21-18(23-12-11-22-17(25)19(3,4)5)24-13-14(2)26-16-10-8-7-9-15(16)20/h7-10,14H,6,11-13H2,1-5H3,(H,22,25)(H2,21,23,24). The van der Waals surface area contributed by atoms with Gasteiger partial charge < -0.3 is 20.7 Å². The van der Waals surface area contributed by atoms with Crippen molar-refractivity contribution in [2.45, 2.75) is 40.7 Å². The van der Waals surface area contributed by atoms with Crippen molar-refractivity contribution in [2.24, 2.45) is 10.4 Å². The van der Waals surface area contributed by atoms with Gasteiger partial charge in [0, 0.05) is 25.0 Å². The summed E-state index contributed by atoms with van der Waals surface area (Å²) in [6.07, 6.45) is -0.275. The largest absolute Gasteiger partial charge is 0.486 e. The average molecular weight is 366 g/mol. The van der Waals surface area contributed by atoms with Crippen LogP contribution < -0.4 is 20.7 Å². The highest BCUT2D eigenvalue weighted by atomic mass is 19.1. The summed E-state index contributed by atoms with van der Waals surface area (Å²) in [7, 11) is 0. The summed E-state index contributed by atoms with van der Waals surface area (Å²) >= 11 is 0. The van der Waals surface area contributed by atoms with Crippen molar-refractivity contribution in [1.82, 2.24) is 16.0 Å². The van der Waals surface area contributed by atoms with Gasteiger partial charge in [-0.05, 0) is 26.0 Å². The molecule has 26 heavy (non-hydrogen) atoms. The zero-order valence-corrected chi connectivity index (χ0v) is 16.4. The highest BCUT2D eigenvalue weighted by Gasteiger charge is 2.20. The Morgan fingerprint density at radius 2 is 1.85 bits per heavy atom. The van der Waals surface area contributed by atoms with Crippen molar-refractivity contribution in [1.29, 1.82) is 0 Å². The number of nitrogens with zero attached hydrogens (tertiary/aromatic N) is 1. The molecule has 1 rings (SSSR count). The first kappa shape index (κ1) is 21.7. The molecule has 0 heterocycles. The van der Waals surface area contributed by atoms with Crippen LogP contribution in [0.5, 0.6) is 5.75 Å². The molecule has 1 unspecified atom stereocenters. The van der Waals surface area contributed by atoms with Crippen LogP contribution in [-0.4, -0.2) is 44.1 Å². The molecule has 0 fully saturated rings. The van der Waals surface area contributed by atoms with Gasteiger partial charge in [-0.2, -0.15) is 0 Å². The minimum atomic E-state index is -0.405. The summed E-state index contributed by atoms with van der Waals surface area (Å²) in [5.41, 5.74) is -0.405. The summed E-state index contributed by atoms with van der Waals surface area (Å²) in [6, 6.07) is 6.31. The Kier molecular flexibility index (Phi) is 8.88. The molecule has 0 saturated heterocycles. The van der Waals surface area contributed by atoms with E-state index >= 15 is 0 Å². The van der Waals surface area contributed by atoms with Crippen molar-refractivity contribution in [3.63, 3.8) is 0 Å². The Morgan fingerprint density at radius 3 is 2.46 bits per heavy atom. The normalized spacial score (nSPS) is 13.1. The minimum Gasteiger partial charge on any atom is -0.486 e. The molecule has 1 aromatic carbocycles. The molecule has 1 amide bonds. The minimum absolute atomic E-state index is 0.00755. The van der Waals surface area contributed by atoms with E-state index in [1.54, 1.807) is 18.2 Å². The maximum atomic E-state index is 13.6. The monoisotopic (exact) mass is 366 g/mol. The van der Waals surface area contributed by atoms with Crippen LogP contribution in [0.4, 0.5) is 4.39 Å². The molecule has 0 aliphatic heterocycles. The van der Waals surface area contributed by atoms with E-state index in [4.69, 9.17) is 4.74 Å². The van der Waals surface area contributed by atoms with Gasteiger partial charge in [-0.3, -0.25) is 4.79 Å². The van der Waals surface area contributed by atoms with Crippen molar-refractivity contribution in [3.8, 4) is 5.75 Å². The predicted molar refractivity (Wildman–Crippen MR) is 103 cm³/mol. The van der Waals surface area contributed by atoms with Crippen LogP contribution in [0.15, 0.2) is 29.3 Å². The van der Waals surface area contributed by atoms with E-state index in [0.717, 1.165) is 0 Å². The van der Waals surface area contributed by atoms with Crippen molar-refractivity contribution < 1.29 is 13.9 Å². The number of guanidine groups is 1. The van der Waals surface area contributed by atoms with Crippen LogP contribution in [0.2, 0.25) is 0 Å². The lowest BCUT2D eigenvalue weighted by Crippen LogP contribution is -2.43. The molecule has 0 aromatic heterocycles. The Labute approximate surface area is 155 Å². The summed E-state index contributed by atoms with van der Waals surface area (Å²) in [6.45, 7) is 11.6. The Morgan fingerprint density at radius 1 is 1.19 bits per heavy atom. The van der Waals surface area contributed by atoms with E-state index in [1.807, 2.05) is 34.6 Å². The van der Waals surface area contributed by atoms with Gasteiger partial charge in [0.25, 0.3) is 0 Å². The zero-order valence-electron chi connectivity index (χ0n) is 16.4. The van der Waals surface area contributed by atoms with E-state index in [1.165, 1.54) is 6.07 Å². The molecule has 146 valence electrons. The van der Waals surface area contributed by atoms with Gasteiger partial charge in [0.2, 0.25) is 5.91 Å². The zero-order chi connectivity index (χ0) is 19.6. The van der Waals surface area contributed by atoms with Gasteiger partial charge >= 0.3 is 0 Å². The molecule has 1 aromatic rings. The molecule has 0 aliphatic carbocycles. The second-order valence-electron chi connectivity index (χ2n) is 7.01. The topological polar surface area (TPSA) is 74.8 Å². The number of halogens is 1. The lowest BCUT2D eigenvalue weighted by atomic mass is 9.96. The number of carbonyl (C=O) groups is 1. The molecule has 0 bridgehead atoms. The van der Waals surface area contributed by atoms with Gasteiger partial charge in [-0.25, -0.2) is 9.38 Å². The average Bonchev–Trinajstić information content (AvgIpc) is 2.57. The summed E-state index contributed by atoms with van der Waals surface area (Å²) in [5, 5.41) is 9.15. The number of hydrogen-bond donors (Lipinski definition) is 3. The summed E-state index contributed by atoms with van der Waals surface area (Å²) in [5.74, 6) is 0.468. The smallest absolute Gasteiger partial charge is 0.225 e. The summed E-state index contributed by atoms with van der Waals surface area (Å²) < 4.78 is 19.2. The predicted octanol–water partition coefficient (Wildman–Crippen LogP) is 2.31. The van der Waals surface area contributed by atoms with Crippen molar-refractivity contribution in [3.05, 3.63) is 30.1 Å². The third kappa shape index (κ3) is 8.18. The number of para-hydroxylation sites is 1. The number of rotatable bonds is 8. The van der Waals surface area contributed by atoms with E-state index in [2.05, 4.69) is 20.9 Å². The lowest BCUT2D eigenvalue weighted by molar-refractivity contribution is -0.128. The highest BCUT2D eigenvalue weighted by molar-refractivity contribution is 5.81. The first-order valence-corrected chi connectivity index (χ1v) is 8.95. The van der Waals surface area contributed by atoms with Crippen LogP contribution in [0.25, 0.3) is 0 Å². The van der Waals surface area contributed by atoms with Crippen molar-refractivity contribution >= 4 is 11.9 Å². The third-order valence-corrected chi connectivity index (χ3v) is 3.40. The number of benzene rings is 1. The third-order valence-electron chi connectivity index (χ3n) is 3.40. The number of nitrogens with one attached hydrogen (secondary N) is 3. The van der Waals surface area contributed by atoms with Crippen LogP contribution in [-0.2, 0) is 4.79 Å². The molecule has 0 radical (unpaired) electrons. The fourth-order valence-corrected chi connectivity index (χ4v) is 1.98. The second-order valence-corrected chi connectivity index (χ2v) is 7.01. The lowest BCUT2D eigenvalue weighted by Gasteiger charge is -2.18. The van der Waals surface area contributed by atoms with E-state index in [9.17, 15) is 9.18 Å². The molecular weight excluding hydrogens is 335 g/mol. The molecule has 6 nitrogen and oxygen atoms in total. The molecule has 0 saturated carbocycles. The number of aliphatic imine (C=N–C) groups is 1. The number of ether oxygens (including phenoxy) is 1. The fraction of sp³-hybridized carbons (Fsp3) is 0.579. The Balaban J connectivity index is 2.45. The quantitative estimate of drug-likeness (QED) is 0.375. The van der Waals surface area contributed by atoms with Crippen LogP contribution in [0.3, 0.4) is 0 Å². The first-order valence-electron chi connectivity index (χ1n) is 8.95.